The minimum atomic E-state index is -1.13. The highest BCUT2D eigenvalue weighted by Crippen LogP contribution is 2.41. The van der Waals surface area contributed by atoms with Crippen molar-refractivity contribution in [3.63, 3.8) is 0 Å². The zero-order valence-electron chi connectivity index (χ0n) is 13.2. The van der Waals surface area contributed by atoms with Gasteiger partial charge in [-0.15, -0.1) is 0 Å². The van der Waals surface area contributed by atoms with Crippen LogP contribution in [0.2, 0.25) is 0 Å². The predicted octanol–water partition coefficient (Wildman–Crippen LogP) is 0.899. The first kappa shape index (κ1) is 15.8. The van der Waals surface area contributed by atoms with Crippen molar-refractivity contribution in [3.8, 4) is 0 Å². The first-order valence-corrected chi connectivity index (χ1v) is 9.60. The summed E-state index contributed by atoms with van der Waals surface area (Å²) in [5.74, 6) is 0.797. The molecular formula is C15H25N3O3S. The quantitative estimate of drug-likeness (QED) is 0.834. The third-order valence-electron chi connectivity index (χ3n) is 4.97. The molecule has 0 aromatic rings. The second-order valence-electron chi connectivity index (χ2n) is 6.60. The van der Waals surface area contributed by atoms with Crippen molar-refractivity contribution in [3.05, 3.63) is 0 Å². The number of rotatable bonds is 4. The Kier molecular flexibility index (Phi) is 4.43. The molecule has 0 radical (unpaired) electrons. The molecule has 2 aliphatic heterocycles. The van der Waals surface area contributed by atoms with Gasteiger partial charge in [0, 0.05) is 39.0 Å². The van der Waals surface area contributed by atoms with E-state index < -0.39 is 15.7 Å². The highest BCUT2D eigenvalue weighted by molar-refractivity contribution is 7.87. The number of nitrogens with one attached hydrogen (secondary N) is 1. The normalized spacial score (nSPS) is 27.5. The Morgan fingerprint density at radius 1 is 1.36 bits per heavy atom. The van der Waals surface area contributed by atoms with E-state index in [2.05, 4.69) is 5.32 Å². The summed E-state index contributed by atoms with van der Waals surface area (Å²) in [6.45, 7) is 4.62. The van der Waals surface area contributed by atoms with Gasteiger partial charge in [0.1, 0.15) is 10.6 Å². The zero-order valence-corrected chi connectivity index (χ0v) is 14.0. The number of amides is 3. The fourth-order valence-corrected chi connectivity index (χ4v) is 5.11. The van der Waals surface area contributed by atoms with Crippen LogP contribution in [-0.2, 0) is 15.6 Å². The molecule has 0 bridgehead atoms. The van der Waals surface area contributed by atoms with Gasteiger partial charge in [-0.05, 0) is 25.2 Å². The van der Waals surface area contributed by atoms with Crippen LogP contribution in [0.3, 0.4) is 0 Å². The maximum Gasteiger partial charge on any atom is 0.317 e. The Hall–Kier alpha value is -1.11. The Bertz CT molecular complexity index is 484. The molecule has 22 heavy (non-hydrogen) atoms. The van der Waals surface area contributed by atoms with Crippen LogP contribution in [-0.4, -0.2) is 62.7 Å². The van der Waals surface area contributed by atoms with Crippen LogP contribution in [0, 0.1) is 5.92 Å². The molecular weight excluding hydrogens is 302 g/mol. The maximum atomic E-state index is 12.6. The summed E-state index contributed by atoms with van der Waals surface area (Å²) in [7, 11) is -1.13. The molecule has 3 rings (SSSR count). The van der Waals surface area contributed by atoms with Crippen LogP contribution in [0.1, 0.15) is 39.0 Å². The highest BCUT2D eigenvalue weighted by atomic mass is 32.2. The van der Waals surface area contributed by atoms with E-state index in [1.54, 1.807) is 4.90 Å². The third kappa shape index (κ3) is 2.87. The summed E-state index contributed by atoms with van der Waals surface area (Å²) < 4.78 is 12.6. The molecule has 1 spiro atoms. The highest BCUT2D eigenvalue weighted by Gasteiger charge is 2.54. The molecule has 1 unspecified atom stereocenters. The van der Waals surface area contributed by atoms with Crippen molar-refractivity contribution >= 4 is 22.7 Å². The molecule has 1 atom stereocenters. The summed E-state index contributed by atoms with van der Waals surface area (Å²) in [6, 6.07) is -0.0412. The lowest BCUT2D eigenvalue weighted by Crippen LogP contribution is -2.57. The van der Waals surface area contributed by atoms with E-state index >= 15 is 0 Å². The number of nitrogens with zero attached hydrogens (tertiary/aromatic N) is 2. The number of carbonyl (C=O) groups is 2. The lowest BCUT2D eigenvalue weighted by Gasteiger charge is -2.43. The SMILES string of the molecule is CCCNC(=O)N1CCC2(CC1)N(CC1CC1)C(=O)CS2=O. The Labute approximate surface area is 134 Å². The molecule has 3 fully saturated rings. The van der Waals surface area contributed by atoms with Crippen molar-refractivity contribution < 1.29 is 13.8 Å². The minimum Gasteiger partial charge on any atom is -0.338 e. The molecule has 2 heterocycles. The van der Waals surface area contributed by atoms with Gasteiger partial charge in [-0.3, -0.25) is 9.00 Å². The van der Waals surface area contributed by atoms with Crippen molar-refractivity contribution in [2.45, 2.75) is 43.9 Å². The molecule has 124 valence electrons. The molecule has 7 heteroatoms. The van der Waals surface area contributed by atoms with Crippen LogP contribution in [0.4, 0.5) is 4.79 Å². The average Bonchev–Trinajstić information content (AvgIpc) is 3.30. The number of hydrogen-bond acceptors (Lipinski definition) is 3. The van der Waals surface area contributed by atoms with E-state index in [0.29, 0.717) is 38.4 Å². The van der Waals surface area contributed by atoms with Crippen LogP contribution < -0.4 is 5.32 Å². The summed E-state index contributed by atoms with van der Waals surface area (Å²) in [5.41, 5.74) is 0. The summed E-state index contributed by atoms with van der Waals surface area (Å²) in [4.78, 5) is 27.4. The first-order chi connectivity index (χ1) is 10.6. The van der Waals surface area contributed by atoms with Gasteiger partial charge >= 0.3 is 6.03 Å². The molecule has 3 aliphatic rings. The lowest BCUT2D eigenvalue weighted by molar-refractivity contribution is -0.131. The van der Waals surface area contributed by atoms with Crippen LogP contribution in [0.15, 0.2) is 0 Å². The third-order valence-corrected chi connectivity index (χ3v) is 6.95. The molecule has 1 N–H and O–H groups in total. The largest absolute Gasteiger partial charge is 0.338 e. The lowest BCUT2D eigenvalue weighted by atomic mass is 10.0. The van der Waals surface area contributed by atoms with Gasteiger partial charge in [-0.1, -0.05) is 6.92 Å². The van der Waals surface area contributed by atoms with Gasteiger partial charge in [-0.2, -0.15) is 0 Å². The number of carbonyl (C=O) groups excluding carboxylic acids is 2. The zero-order chi connectivity index (χ0) is 15.7. The van der Waals surface area contributed by atoms with Gasteiger partial charge in [-0.25, -0.2) is 4.79 Å². The number of urea groups is 1. The maximum absolute atomic E-state index is 12.6. The number of hydrogen-bond donors (Lipinski definition) is 1. The van der Waals surface area contributed by atoms with Gasteiger partial charge in [0.05, 0.1) is 10.8 Å². The van der Waals surface area contributed by atoms with Crippen molar-refractivity contribution in [2.24, 2.45) is 5.92 Å². The van der Waals surface area contributed by atoms with Crippen LogP contribution in [0.5, 0.6) is 0 Å². The van der Waals surface area contributed by atoms with Crippen molar-refractivity contribution in [1.82, 2.24) is 15.1 Å². The van der Waals surface area contributed by atoms with Gasteiger partial charge in [0.2, 0.25) is 5.91 Å². The van der Waals surface area contributed by atoms with Gasteiger partial charge in [0.15, 0.2) is 0 Å². The standard InChI is InChI=1S/C15H25N3O3S/c1-2-7-16-14(20)17-8-5-15(6-9-17)18(10-12-3-4-12)13(19)11-22(15)21/h12H,2-11H2,1H3,(H,16,20). The first-order valence-electron chi connectivity index (χ1n) is 8.28. The van der Waals surface area contributed by atoms with E-state index in [4.69, 9.17) is 0 Å². The second-order valence-corrected chi connectivity index (χ2v) is 8.34. The molecule has 0 aromatic heterocycles. The van der Waals surface area contributed by atoms with E-state index in [0.717, 1.165) is 13.0 Å². The number of likely N-dealkylation sites (tertiary alicyclic amines) is 1. The van der Waals surface area contributed by atoms with Crippen LogP contribution in [0.25, 0.3) is 0 Å². The van der Waals surface area contributed by atoms with Crippen molar-refractivity contribution in [2.75, 3.05) is 31.9 Å². The van der Waals surface area contributed by atoms with Gasteiger partial charge < -0.3 is 15.1 Å². The Balaban J connectivity index is 1.65. The van der Waals surface area contributed by atoms with Crippen molar-refractivity contribution in [1.29, 1.82) is 0 Å². The smallest absolute Gasteiger partial charge is 0.317 e. The summed E-state index contributed by atoms with van der Waals surface area (Å²) in [6.07, 6.45) is 4.54. The summed E-state index contributed by atoms with van der Waals surface area (Å²) in [5, 5.41) is 2.89. The average molecular weight is 327 g/mol. The van der Waals surface area contributed by atoms with E-state index in [1.165, 1.54) is 12.8 Å². The fourth-order valence-electron chi connectivity index (χ4n) is 3.40. The monoisotopic (exact) mass is 327 g/mol. The van der Waals surface area contributed by atoms with E-state index in [-0.39, 0.29) is 17.7 Å². The summed E-state index contributed by atoms with van der Waals surface area (Å²) >= 11 is 0. The Morgan fingerprint density at radius 3 is 2.64 bits per heavy atom. The van der Waals surface area contributed by atoms with E-state index in [9.17, 15) is 13.8 Å². The molecule has 3 amide bonds. The molecule has 1 saturated carbocycles. The number of piperidine rings is 1. The van der Waals surface area contributed by atoms with E-state index in [1.807, 2.05) is 11.8 Å². The van der Waals surface area contributed by atoms with Gasteiger partial charge in [0.25, 0.3) is 0 Å². The fraction of sp³-hybridized carbons (Fsp3) is 0.867. The predicted molar refractivity (Wildman–Crippen MR) is 84.7 cm³/mol. The second kappa shape index (κ2) is 6.18. The Morgan fingerprint density at radius 2 is 2.05 bits per heavy atom. The molecule has 2 saturated heterocycles. The molecule has 1 aliphatic carbocycles. The topological polar surface area (TPSA) is 69.7 Å². The van der Waals surface area contributed by atoms with Crippen LogP contribution >= 0.6 is 0 Å². The molecule has 0 aromatic carbocycles. The minimum absolute atomic E-state index is 0.0362. The molecule has 6 nitrogen and oxygen atoms in total.